The Balaban J connectivity index is 1.63. The smallest absolute Gasteiger partial charge is 0.240 e. The molecule has 142 valence electrons. The molecule has 2 aliphatic rings. The lowest BCUT2D eigenvalue weighted by Gasteiger charge is -2.17. The van der Waals surface area contributed by atoms with E-state index in [4.69, 9.17) is 17.3 Å². The second-order valence-electron chi connectivity index (χ2n) is 6.77. The van der Waals surface area contributed by atoms with Crippen LogP contribution in [0.5, 0.6) is 0 Å². The molecule has 0 saturated heterocycles. The fourth-order valence-electron chi connectivity index (χ4n) is 3.45. The second-order valence-corrected chi connectivity index (χ2v) is 8.89. The highest BCUT2D eigenvalue weighted by Gasteiger charge is 2.30. The van der Waals surface area contributed by atoms with Crippen molar-refractivity contribution in [2.75, 3.05) is 0 Å². The predicted octanol–water partition coefficient (Wildman–Crippen LogP) is 1.81. The van der Waals surface area contributed by atoms with E-state index in [1.54, 1.807) is 6.07 Å². The van der Waals surface area contributed by atoms with E-state index in [0.29, 0.717) is 42.2 Å². The van der Waals surface area contributed by atoms with Crippen LogP contribution in [-0.2, 0) is 16.6 Å². The van der Waals surface area contributed by atoms with Gasteiger partial charge in [0.2, 0.25) is 10.0 Å². The summed E-state index contributed by atoms with van der Waals surface area (Å²) in [5, 5.41) is 10.1. The highest BCUT2D eigenvalue weighted by Crippen LogP contribution is 2.31. The van der Waals surface area contributed by atoms with Crippen molar-refractivity contribution in [3.8, 4) is 11.3 Å². The van der Waals surface area contributed by atoms with Crippen molar-refractivity contribution in [2.24, 2.45) is 10.7 Å². The number of sulfonamides is 1. The standard InChI is InChI=1S/C18H19ClN4O3S/c19-13-8-11(27(25,26)23-15-2-1-3-16(15)24)5-6-12(13)14-7-4-10-9-21-18(20)17(10)22-14/h4-8,15-16,23-24H,1-3,9H2,(H2,20,21)/t15-,16-/m0/s1. The molecule has 1 saturated carbocycles. The molecule has 7 nitrogen and oxygen atoms in total. The summed E-state index contributed by atoms with van der Waals surface area (Å²) >= 11 is 6.36. The summed E-state index contributed by atoms with van der Waals surface area (Å²) < 4.78 is 27.8. The summed E-state index contributed by atoms with van der Waals surface area (Å²) in [6.07, 6.45) is 1.36. The normalized spacial score (nSPS) is 21.9. The minimum absolute atomic E-state index is 0.0533. The van der Waals surface area contributed by atoms with Gasteiger partial charge in [0.25, 0.3) is 0 Å². The van der Waals surface area contributed by atoms with Gasteiger partial charge in [0, 0.05) is 17.2 Å². The molecule has 1 aromatic heterocycles. The quantitative estimate of drug-likeness (QED) is 0.715. The fourth-order valence-corrected chi connectivity index (χ4v) is 5.12. The fraction of sp³-hybridized carbons (Fsp3) is 0.333. The molecule has 0 bridgehead atoms. The third-order valence-electron chi connectivity index (χ3n) is 4.95. The molecule has 9 heteroatoms. The van der Waals surface area contributed by atoms with Crippen molar-refractivity contribution in [3.63, 3.8) is 0 Å². The van der Waals surface area contributed by atoms with E-state index < -0.39 is 22.2 Å². The number of pyridine rings is 1. The number of hydrogen-bond donors (Lipinski definition) is 3. The summed E-state index contributed by atoms with van der Waals surface area (Å²) in [5.41, 5.74) is 8.64. The largest absolute Gasteiger partial charge is 0.391 e. The van der Waals surface area contributed by atoms with Gasteiger partial charge in [0.1, 0.15) is 11.5 Å². The van der Waals surface area contributed by atoms with Gasteiger partial charge in [-0.25, -0.2) is 18.1 Å². The molecule has 1 aliphatic carbocycles. The van der Waals surface area contributed by atoms with Crippen molar-refractivity contribution in [3.05, 3.63) is 46.6 Å². The first kappa shape index (κ1) is 18.4. The number of halogens is 1. The number of benzene rings is 1. The van der Waals surface area contributed by atoms with Crippen LogP contribution in [0.2, 0.25) is 5.02 Å². The Kier molecular flexibility index (Phi) is 4.67. The van der Waals surface area contributed by atoms with Crippen LogP contribution in [0.4, 0.5) is 0 Å². The summed E-state index contributed by atoms with van der Waals surface area (Å²) in [7, 11) is -3.77. The van der Waals surface area contributed by atoms with E-state index in [-0.39, 0.29) is 9.92 Å². The number of fused-ring (bicyclic) bond motifs is 1. The number of nitrogens with one attached hydrogen (secondary N) is 1. The lowest BCUT2D eigenvalue weighted by atomic mass is 10.1. The van der Waals surface area contributed by atoms with E-state index in [9.17, 15) is 13.5 Å². The lowest BCUT2D eigenvalue weighted by Crippen LogP contribution is -2.39. The van der Waals surface area contributed by atoms with Gasteiger partial charge in [0.05, 0.1) is 28.3 Å². The Hall–Kier alpha value is -2.00. The number of amidine groups is 1. The van der Waals surface area contributed by atoms with Gasteiger partial charge in [-0.3, -0.25) is 4.99 Å². The topological polar surface area (TPSA) is 118 Å². The lowest BCUT2D eigenvalue weighted by molar-refractivity contribution is 0.159. The summed E-state index contributed by atoms with van der Waals surface area (Å²) in [4.78, 5) is 8.72. The number of aliphatic hydroxyl groups is 1. The summed E-state index contributed by atoms with van der Waals surface area (Å²) in [5.74, 6) is 0.390. The third kappa shape index (κ3) is 3.45. The molecule has 1 fully saturated rings. The Labute approximate surface area is 162 Å². The average molecular weight is 407 g/mol. The van der Waals surface area contributed by atoms with Crippen molar-refractivity contribution in [1.29, 1.82) is 0 Å². The van der Waals surface area contributed by atoms with Crippen molar-refractivity contribution >= 4 is 27.5 Å². The van der Waals surface area contributed by atoms with Crippen LogP contribution < -0.4 is 10.5 Å². The van der Waals surface area contributed by atoms with Gasteiger partial charge < -0.3 is 10.8 Å². The number of aliphatic imine (C=N–C) groups is 1. The Morgan fingerprint density at radius 3 is 2.74 bits per heavy atom. The molecule has 4 rings (SSSR count). The van der Waals surface area contributed by atoms with Crippen LogP contribution in [0.1, 0.15) is 30.5 Å². The third-order valence-corrected chi connectivity index (χ3v) is 6.75. The Morgan fingerprint density at radius 2 is 2.04 bits per heavy atom. The van der Waals surface area contributed by atoms with Gasteiger partial charge in [-0.2, -0.15) is 0 Å². The highest BCUT2D eigenvalue weighted by molar-refractivity contribution is 7.89. The first-order valence-electron chi connectivity index (χ1n) is 8.66. The predicted molar refractivity (Wildman–Crippen MR) is 103 cm³/mol. The van der Waals surface area contributed by atoms with Crippen molar-refractivity contribution < 1.29 is 13.5 Å². The molecule has 27 heavy (non-hydrogen) atoms. The minimum atomic E-state index is -3.77. The molecule has 0 unspecified atom stereocenters. The van der Waals surface area contributed by atoms with Crippen LogP contribution in [0.25, 0.3) is 11.3 Å². The highest BCUT2D eigenvalue weighted by atomic mass is 35.5. The van der Waals surface area contributed by atoms with E-state index in [0.717, 1.165) is 12.0 Å². The zero-order valence-electron chi connectivity index (χ0n) is 14.4. The monoisotopic (exact) mass is 406 g/mol. The van der Waals surface area contributed by atoms with Crippen LogP contribution in [0, 0.1) is 0 Å². The van der Waals surface area contributed by atoms with E-state index in [2.05, 4.69) is 14.7 Å². The van der Waals surface area contributed by atoms with E-state index in [1.807, 2.05) is 12.1 Å². The maximum Gasteiger partial charge on any atom is 0.240 e. The number of nitrogens with zero attached hydrogens (tertiary/aromatic N) is 2. The van der Waals surface area contributed by atoms with Crippen LogP contribution in [-0.4, -0.2) is 36.5 Å². The number of hydrogen-bond acceptors (Lipinski definition) is 6. The Bertz CT molecular complexity index is 1040. The molecule has 0 amide bonds. The number of rotatable bonds is 4. The van der Waals surface area contributed by atoms with Crippen LogP contribution in [0.3, 0.4) is 0 Å². The first-order chi connectivity index (χ1) is 12.8. The van der Waals surface area contributed by atoms with Gasteiger partial charge >= 0.3 is 0 Å². The number of nitrogens with two attached hydrogens (primary N) is 1. The number of aliphatic hydroxyl groups excluding tert-OH is 1. The zero-order chi connectivity index (χ0) is 19.2. The molecular formula is C18H19ClN4O3S. The zero-order valence-corrected chi connectivity index (χ0v) is 16.0. The molecule has 1 aromatic carbocycles. The van der Waals surface area contributed by atoms with Crippen LogP contribution >= 0.6 is 11.6 Å². The molecule has 4 N–H and O–H groups in total. The molecule has 1 aliphatic heterocycles. The molecule has 2 aromatic rings. The molecule has 0 spiro atoms. The van der Waals surface area contributed by atoms with Gasteiger partial charge in [-0.05, 0) is 43.5 Å². The van der Waals surface area contributed by atoms with Crippen molar-refractivity contribution in [1.82, 2.24) is 9.71 Å². The van der Waals surface area contributed by atoms with Crippen LogP contribution in [0.15, 0.2) is 40.2 Å². The summed E-state index contributed by atoms with van der Waals surface area (Å²) in [6.45, 7) is 0.512. The second kappa shape index (κ2) is 6.87. The SMILES string of the molecule is NC1=NCc2ccc(-c3ccc(S(=O)(=O)N[C@H]4CCC[C@@H]4O)cc3Cl)nc21. The first-order valence-corrected chi connectivity index (χ1v) is 10.5. The maximum absolute atomic E-state index is 12.6. The van der Waals surface area contributed by atoms with E-state index in [1.165, 1.54) is 12.1 Å². The maximum atomic E-state index is 12.6. The van der Waals surface area contributed by atoms with E-state index >= 15 is 0 Å². The van der Waals surface area contributed by atoms with Gasteiger partial charge in [-0.15, -0.1) is 0 Å². The minimum Gasteiger partial charge on any atom is -0.391 e. The molecule has 2 atom stereocenters. The van der Waals surface area contributed by atoms with Gasteiger partial charge in [-0.1, -0.05) is 17.7 Å². The summed E-state index contributed by atoms with van der Waals surface area (Å²) in [6, 6.07) is 7.75. The molecule has 2 heterocycles. The van der Waals surface area contributed by atoms with Crippen molar-refractivity contribution in [2.45, 2.75) is 42.8 Å². The average Bonchev–Trinajstić information content (AvgIpc) is 3.20. The number of aromatic nitrogens is 1. The molecule has 0 radical (unpaired) electrons. The van der Waals surface area contributed by atoms with Gasteiger partial charge in [0.15, 0.2) is 0 Å². The Morgan fingerprint density at radius 1 is 1.22 bits per heavy atom. The molecular weight excluding hydrogens is 388 g/mol.